The van der Waals surface area contributed by atoms with Crippen LogP contribution >= 0.6 is 0 Å². The fourth-order valence-corrected chi connectivity index (χ4v) is 2.08. The lowest BCUT2D eigenvalue weighted by Gasteiger charge is -2.13. The van der Waals surface area contributed by atoms with E-state index < -0.39 is 10.9 Å². The number of hydrogen-bond donors (Lipinski definition) is 2. The molecule has 7 nitrogen and oxygen atoms in total. The molecule has 0 radical (unpaired) electrons. The molecule has 3 N–H and O–H groups in total. The van der Waals surface area contributed by atoms with Crippen LogP contribution in [0.1, 0.15) is 25.7 Å². The second-order valence-electron chi connectivity index (χ2n) is 4.79. The fourth-order valence-electron chi connectivity index (χ4n) is 2.08. The minimum absolute atomic E-state index is 0.0145. The van der Waals surface area contributed by atoms with Crippen LogP contribution in [0.2, 0.25) is 0 Å². The molecule has 7 heteroatoms. The summed E-state index contributed by atoms with van der Waals surface area (Å²) in [6.07, 6.45) is 2.16. The molecule has 0 aromatic heterocycles. The van der Waals surface area contributed by atoms with E-state index in [1.54, 1.807) is 12.1 Å². The molecule has 0 amide bonds. The highest BCUT2D eigenvalue weighted by Crippen LogP contribution is 2.20. The third-order valence-corrected chi connectivity index (χ3v) is 3.09. The number of nitrogens with zero attached hydrogens (tertiary/aromatic N) is 1. The number of aliphatic carboxylic acids is 1. The van der Waals surface area contributed by atoms with Gasteiger partial charge in [0.25, 0.3) is 5.69 Å². The lowest BCUT2D eigenvalue weighted by Crippen LogP contribution is -2.14. The summed E-state index contributed by atoms with van der Waals surface area (Å²) in [5, 5.41) is 19.4. The highest BCUT2D eigenvalue weighted by Gasteiger charge is 2.12. The fraction of sp³-hybridized carbons (Fsp3) is 0.500. The summed E-state index contributed by atoms with van der Waals surface area (Å²) in [5.41, 5.74) is 5.44. The highest BCUT2D eigenvalue weighted by molar-refractivity contribution is 5.66. The normalized spacial score (nSPS) is 11.9. The first kappa shape index (κ1) is 16.9. The smallest absolute Gasteiger partial charge is 0.303 e. The zero-order valence-electron chi connectivity index (χ0n) is 11.7. The van der Waals surface area contributed by atoms with E-state index in [1.807, 2.05) is 0 Å². The monoisotopic (exact) mass is 296 g/mol. The van der Waals surface area contributed by atoms with Crippen molar-refractivity contribution in [2.75, 3.05) is 13.2 Å². The maximum Gasteiger partial charge on any atom is 0.303 e. The van der Waals surface area contributed by atoms with Gasteiger partial charge < -0.3 is 15.6 Å². The standard InChI is InChI=1S/C14H20N2O5/c15-7-6-11(9-14(17)18)3-2-8-21-13-5-1-4-12(10-13)16(19)20/h1,4-5,10-11H,2-3,6-9,15H2,(H,17,18)/t11-/m0/s1. The molecular weight excluding hydrogens is 276 g/mol. The maximum atomic E-state index is 10.7. The number of carboxylic acid groups (broad SMARTS) is 1. The number of ether oxygens (including phenoxy) is 1. The molecule has 0 heterocycles. The van der Waals surface area contributed by atoms with Gasteiger partial charge in [-0.2, -0.15) is 0 Å². The Labute approximate surface area is 122 Å². The number of nitrogens with two attached hydrogens (primary N) is 1. The Hall–Kier alpha value is -2.15. The molecule has 0 aliphatic carbocycles. The van der Waals surface area contributed by atoms with Gasteiger partial charge in [-0.25, -0.2) is 0 Å². The molecule has 1 atom stereocenters. The van der Waals surface area contributed by atoms with Crippen LogP contribution in [0.3, 0.4) is 0 Å². The molecule has 0 fully saturated rings. The lowest BCUT2D eigenvalue weighted by molar-refractivity contribution is -0.384. The van der Waals surface area contributed by atoms with Crippen molar-refractivity contribution in [1.29, 1.82) is 0 Å². The summed E-state index contributed by atoms with van der Waals surface area (Å²) < 4.78 is 5.45. The number of nitro groups is 1. The second kappa shape index (κ2) is 8.91. The minimum atomic E-state index is -0.826. The Morgan fingerprint density at radius 2 is 2.19 bits per heavy atom. The quantitative estimate of drug-likeness (QED) is 0.388. The van der Waals surface area contributed by atoms with Crippen molar-refractivity contribution in [3.63, 3.8) is 0 Å². The summed E-state index contributed by atoms with van der Waals surface area (Å²) in [7, 11) is 0. The van der Waals surface area contributed by atoms with E-state index in [1.165, 1.54) is 12.1 Å². The zero-order valence-corrected chi connectivity index (χ0v) is 11.7. The van der Waals surface area contributed by atoms with Gasteiger partial charge in [0.1, 0.15) is 5.75 Å². The van der Waals surface area contributed by atoms with Gasteiger partial charge in [-0.1, -0.05) is 6.07 Å². The molecule has 1 rings (SSSR count). The predicted molar refractivity (Wildman–Crippen MR) is 77.2 cm³/mol. The van der Waals surface area contributed by atoms with Crippen molar-refractivity contribution in [3.05, 3.63) is 34.4 Å². The number of nitro benzene ring substituents is 1. The third-order valence-electron chi connectivity index (χ3n) is 3.09. The Morgan fingerprint density at radius 1 is 1.43 bits per heavy atom. The van der Waals surface area contributed by atoms with Gasteiger partial charge >= 0.3 is 5.97 Å². The third kappa shape index (κ3) is 6.71. The number of non-ortho nitro benzene ring substituents is 1. The van der Waals surface area contributed by atoms with Crippen LogP contribution in [0.25, 0.3) is 0 Å². The predicted octanol–water partition coefficient (Wildman–Crippen LogP) is 2.19. The summed E-state index contributed by atoms with van der Waals surface area (Å²) in [6.45, 7) is 0.853. The Kier molecular flexibility index (Phi) is 7.17. The van der Waals surface area contributed by atoms with Gasteiger partial charge in [0.2, 0.25) is 0 Å². The highest BCUT2D eigenvalue weighted by atomic mass is 16.6. The van der Waals surface area contributed by atoms with E-state index in [4.69, 9.17) is 15.6 Å². The van der Waals surface area contributed by atoms with Gasteiger partial charge in [-0.15, -0.1) is 0 Å². The van der Waals surface area contributed by atoms with Crippen LogP contribution < -0.4 is 10.5 Å². The van der Waals surface area contributed by atoms with Gasteiger partial charge in [0.15, 0.2) is 0 Å². The number of hydrogen-bond acceptors (Lipinski definition) is 5. The van der Waals surface area contributed by atoms with Gasteiger partial charge in [-0.3, -0.25) is 14.9 Å². The summed E-state index contributed by atoms with van der Waals surface area (Å²) >= 11 is 0. The average molecular weight is 296 g/mol. The number of benzene rings is 1. The largest absolute Gasteiger partial charge is 0.493 e. The van der Waals surface area contributed by atoms with Gasteiger partial charge in [0.05, 0.1) is 17.6 Å². The van der Waals surface area contributed by atoms with Crippen LogP contribution in [0.4, 0.5) is 5.69 Å². The van der Waals surface area contributed by atoms with Crippen molar-refractivity contribution in [2.24, 2.45) is 11.7 Å². The van der Waals surface area contributed by atoms with Crippen LogP contribution in [-0.2, 0) is 4.79 Å². The van der Waals surface area contributed by atoms with Crippen LogP contribution in [0.5, 0.6) is 5.75 Å². The zero-order chi connectivity index (χ0) is 15.7. The van der Waals surface area contributed by atoms with Gasteiger partial charge in [0, 0.05) is 12.5 Å². The first-order valence-electron chi connectivity index (χ1n) is 6.82. The van der Waals surface area contributed by atoms with E-state index >= 15 is 0 Å². The molecule has 1 aromatic rings. The summed E-state index contributed by atoms with van der Waals surface area (Å²) in [5.74, 6) is -0.341. The second-order valence-corrected chi connectivity index (χ2v) is 4.79. The molecule has 0 aliphatic heterocycles. The van der Waals surface area contributed by atoms with Crippen LogP contribution in [0.15, 0.2) is 24.3 Å². The molecule has 1 aromatic carbocycles. The van der Waals surface area contributed by atoms with Crippen molar-refractivity contribution >= 4 is 11.7 Å². The molecule has 0 saturated carbocycles. The Morgan fingerprint density at radius 3 is 2.81 bits per heavy atom. The van der Waals surface area contributed by atoms with Gasteiger partial charge in [-0.05, 0) is 37.8 Å². The number of rotatable bonds is 10. The van der Waals surface area contributed by atoms with E-state index in [0.717, 1.165) is 0 Å². The Balaban J connectivity index is 2.37. The van der Waals surface area contributed by atoms with E-state index in [0.29, 0.717) is 38.2 Å². The molecular formula is C14H20N2O5. The van der Waals surface area contributed by atoms with E-state index in [9.17, 15) is 14.9 Å². The molecule has 0 bridgehead atoms. The summed E-state index contributed by atoms with van der Waals surface area (Å²) in [4.78, 5) is 20.9. The van der Waals surface area contributed by atoms with Crippen molar-refractivity contribution in [2.45, 2.75) is 25.7 Å². The van der Waals surface area contributed by atoms with E-state index in [2.05, 4.69) is 0 Å². The topological polar surface area (TPSA) is 116 Å². The lowest BCUT2D eigenvalue weighted by atomic mass is 9.96. The first-order valence-corrected chi connectivity index (χ1v) is 6.82. The molecule has 116 valence electrons. The molecule has 0 saturated heterocycles. The van der Waals surface area contributed by atoms with E-state index in [-0.39, 0.29) is 18.0 Å². The van der Waals surface area contributed by atoms with Crippen molar-refractivity contribution < 1.29 is 19.6 Å². The maximum absolute atomic E-state index is 10.7. The first-order chi connectivity index (χ1) is 10.0. The van der Waals surface area contributed by atoms with Crippen LogP contribution in [0, 0.1) is 16.0 Å². The molecule has 0 spiro atoms. The van der Waals surface area contributed by atoms with Crippen molar-refractivity contribution in [1.82, 2.24) is 0 Å². The van der Waals surface area contributed by atoms with Crippen molar-refractivity contribution in [3.8, 4) is 5.75 Å². The number of carbonyl (C=O) groups is 1. The number of carboxylic acids is 1. The summed E-state index contributed by atoms with van der Waals surface area (Å²) in [6, 6.07) is 5.99. The van der Waals surface area contributed by atoms with Crippen LogP contribution in [-0.4, -0.2) is 29.2 Å². The molecule has 21 heavy (non-hydrogen) atoms. The Bertz CT molecular complexity index is 478. The SMILES string of the molecule is NCC[C@H](CCCOc1cccc([N+](=O)[O-])c1)CC(=O)O. The molecule has 0 aliphatic rings. The average Bonchev–Trinajstić information content (AvgIpc) is 2.43. The molecule has 0 unspecified atom stereocenters. The minimum Gasteiger partial charge on any atom is -0.493 e.